The van der Waals surface area contributed by atoms with Crippen molar-refractivity contribution in [3.8, 4) is 0 Å². The first-order chi connectivity index (χ1) is 8.33. The van der Waals surface area contributed by atoms with E-state index in [1.54, 1.807) is 0 Å². The Hall–Kier alpha value is -1.35. The van der Waals surface area contributed by atoms with E-state index in [9.17, 15) is 4.79 Å². The van der Waals surface area contributed by atoms with Crippen molar-refractivity contribution >= 4 is 5.97 Å². The molecule has 3 nitrogen and oxygen atoms in total. The van der Waals surface area contributed by atoms with Gasteiger partial charge in [0, 0.05) is 12.5 Å². The van der Waals surface area contributed by atoms with Gasteiger partial charge in [-0.25, -0.2) is 0 Å². The molecule has 1 heterocycles. The summed E-state index contributed by atoms with van der Waals surface area (Å²) in [5.41, 5.74) is 1.22. The largest absolute Gasteiger partial charge is 0.466 e. The molecule has 1 aliphatic heterocycles. The van der Waals surface area contributed by atoms with Gasteiger partial charge in [0.2, 0.25) is 0 Å². The van der Waals surface area contributed by atoms with E-state index in [2.05, 4.69) is 17.4 Å². The predicted molar refractivity (Wildman–Crippen MR) is 66.8 cm³/mol. The van der Waals surface area contributed by atoms with Gasteiger partial charge in [0.05, 0.1) is 12.5 Å². The second-order valence-corrected chi connectivity index (χ2v) is 4.37. The number of carbonyl (C=O) groups excluding carboxylic acids is 1. The van der Waals surface area contributed by atoms with Crippen molar-refractivity contribution in [3.63, 3.8) is 0 Å². The summed E-state index contributed by atoms with van der Waals surface area (Å²) in [6.45, 7) is 4.07. The van der Waals surface area contributed by atoms with Gasteiger partial charge in [-0.3, -0.25) is 4.79 Å². The maximum Gasteiger partial charge on any atom is 0.309 e. The number of rotatable bonds is 3. The van der Waals surface area contributed by atoms with Crippen LogP contribution in [-0.2, 0) is 9.53 Å². The summed E-state index contributed by atoms with van der Waals surface area (Å²) in [6.07, 6.45) is 0.860. The molecule has 92 valence electrons. The zero-order valence-corrected chi connectivity index (χ0v) is 10.2. The van der Waals surface area contributed by atoms with Crippen LogP contribution in [-0.4, -0.2) is 25.7 Å². The summed E-state index contributed by atoms with van der Waals surface area (Å²) in [4.78, 5) is 11.9. The maximum atomic E-state index is 11.9. The molecule has 2 atom stereocenters. The van der Waals surface area contributed by atoms with Crippen LogP contribution in [0, 0.1) is 5.92 Å². The maximum absolute atomic E-state index is 11.9. The van der Waals surface area contributed by atoms with Crippen molar-refractivity contribution in [1.82, 2.24) is 5.32 Å². The van der Waals surface area contributed by atoms with Crippen molar-refractivity contribution in [2.45, 2.75) is 19.3 Å². The fourth-order valence-electron chi connectivity index (χ4n) is 2.44. The van der Waals surface area contributed by atoms with Gasteiger partial charge in [0.15, 0.2) is 0 Å². The lowest BCUT2D eigenvalue weighted by Gasteiger charge is -2.30. The molecule has 17 heavy (non-hydrogen) atoms. The van der Waals surface area contributed by atoms with Gasteiger partial charge < -0.3 is 10.1 Å². The standard InChI is InChI=1S/C14H19NO2/c1-2-17-14(16)12-8-9-15-10-13(12)11-6-4-3-5-7-11/h3-7,12-13,15H,2,8-10H2,1H3/t12-,13+/m0/s1. The van der Waals surface area contributed by atoms with Crippen molar-refractivity contribution in [1.29, 1.82) is 0 Å². The Labute approximate surface area is 102 Å². The monoisotopic (exact) mass is 233 g/mol. The van der Waals surface area contributed by atoms with Crippen LogP contribution in [0.15, 0.2) is 30.3 Å². The molecular weight excluding hydrogens is 214 g/mol. The molecule has 0 aliphatic carbocycles. The van der Waals surface area contributed by atoms with Crippen LogP contribution in [0.4, 0.5) is 0 Å². The first kappa shape index (κ1) is 12.1. The first-order valence-electron chi connectivity index (χ1n) is 6.25. The molecule has 2 rings (SSSR count). The number of nitrogens with one attached hydrogen (secondary N) is 1. The summed E-state index contributed by atoms with van der Waals surface area (Å²) in [7, 11) is 0. The molecule has 1 fully saturated rings. The van der Waals surface area contributed by atoms with Gasteiger partial charge in [-0.1, -0.05) is 30.3 Å². The van der Waals surface area contributed by atoms with E-state index in [4.69, 9.17) is 4.74 Å². The van der Waals surface area contributed by atoms with Gasteiger partial charge in [-0.2, -0.15) is 0 Å². The fourth-order valence-corrected chi connectivity index (χ4v) is 2.44. The molecule has 0 amide bonds. The summed E-state index contributed by atoms with van der Waals surface area (Å²) in [6, 6.07) is 10.2. The number of ether oxygens (including phenoxy) is 1. The Morgan fingerprint density at radius 3 is 2.88 bits per heavy atom. The molecule has 0 spiro atoms. The minimum atomic E-state index is -0.0529. The lowest BCUT2D eigenvalue weighted by molar-refractivity contribution is -0.149. The molecule has 1 saturated heterocycles. The van der Waals surface area contributed by atoms with Crippen LogP contribution in [0.1, 0.15) is 24.8 Å². The van der Waals surface area contributed by atoms with Crippen molar-refractivity contribution in [3.05, 3.63) is 35.9 Å². The fraction of sp³-hybridized carbons (Fsp3) is 0.500. The van der Waals surface area contributed by atoms with Crippen LogP contribution in [0.5, 0.6) is 0 Å². The Morgan fingerprint density at radius 2 is 2.18 bits per heavy atom. The molecule has 0 bridgehead atoms. The smallest absolute Gasteiger partial charge is 0.309 e. The van der Waals surface area contributed by atoms with E-state index in [1.165, 1.54) is 5.56 Å². The average Bonchev–Trinajstić information content (AvgIpc) is 2.40. The highest BCUT2D eigenvalue weighted by molar-refractivity contribution is 5.74. The lowest BCUT2D eigenvalue weighted by atomic mass is 9.81. The van der Waals surface area contributed by atoms with Gasteiger partial charge >= 0.3 is 5.97 Å². The summed E-state index contributed by atoms with van der Waals surface area (Å²) < 4.78 is 5.17. The van der Waals surface area contributed by atoms with E-state index >= 15 is 0 Å². The van der Waals surface area contributed by atoms with E-state index in [1.807, 2.05) is 25.1 Å². The third-order valence-corrected chi connectivity index (χ3v) is 3.30. The molecule has 1 aromatic rings. The number of benzene rings is 1. The summed E-state index contributed by atoms with van der Waals surface area (Å²) in [5, 5.41) is 3.35. The van der Waals surface area contributed by atoms with E-state index in [0.29, 0.717) is 6.61 Å². The quantitative estimate of drug-likeness (QED) is 0.811. The van der Waals surface area contributed by atoms with Crippen molar-refractivity contribution in [2.24, 2.45) is 5.92 Å². The number of esters is 1. The number of hydrogen-bond acceptors (Lipinski definition) is 3. The Bertz CT molecular complexity index is 364. The highest BCUT2D eigenvalue weighted by Crippen LogP contribution is 2.30. The normalized spacial score (nSPS) is 24.3. The van der Waals surface area contributed by atoms with Crippen LogP contribution in [0.25, 0.3) is 0 Å². The third kappa shape index (κ3) is 2.86. The number of piperidine rings is 1. The Morgan fingerprint density at radius 1 is 1.41 bits per heavy atom. The van der Waals surface area contributed by atoms with Crippen LogP contribution in [0.2, 0.25) is 0 Å². The van der Waals surface area contributed by atoms with Gasteiger partial charge in [-0.15, -0.1) is 0 Å². The zero-order chi connectivity index (χ0) is 12.1. The zero-order valence-electron chi connectivity index (χ0n) is 10.2. The second-order valence-electron chi connectivity index (χ2n) is 4.37. The van der Waals surface area contributed by atoms with Crippen LogP contribution >= 0.6 is 0 Å². The minimum Gasteiger partial charge on any atom is -0.466 e. The molecule has 1 N–H and O–H groups in total. The van der Waals surface area contributed by atoms with Crippen LogP contribution < -0.4 is 5.32 Å². The topological polar surface area (TPSA) is 38.3 Å². The summed E-state index contributed by atoms with van der Waals surface area (Å²) >= 11 is 0. The van der Waals surface area contributed by atoms with Gasteiger partial charge in [0.25, 0.3) is 0 Å². The van der Waals surface area contributed by atoms with Crippen molar-refractivity contribution in [2.75, 3.05) is 19.7 Å². The molecular formula is C14H19NO2. The average molecular weight is 233 g/mol. The molecule has 0 radical (unpaired) electrons. The number of carbonyl (C=O) groups is 1. The SMILES string of the molecule is CCOC(=O)[C@H]1CCNC[C@@H]1c1ccccc1. The second kappa shape index (κ2) is 5.82. The predicted octanol–water partition coefficient (Wildman–Crippen LogP) is 1.94. The van der Waals surface area contributed by atoms with E-state index in [-0.39, 0.29) is 17.8 Å². The van der Waals surface area contributed by atoms with E-state index < -0.39 is 0 Å². The molecule has 1 aliphatic rings. The highest BCUT2D eigenvalue weighted by Gasteiger charge is 2.32. The molecule has 3 heteroatoms. The molecule has 0 unspecified atom stereocenters. The van der Waals surface area contributed by atoms with Gasteiger partial charge in [0.1, 0.15) is 0 Å². The minimum absolute atomic E-state index is 0.00130. The Kier molecular flexibility index (Phi) is 4.15. The van der Waals surface area contributed by atoms with E-state index in [0.717, 1.165) is 19.5 Å². The third-order valence-electron chi connectivity index (χ3n) is 3.30. The van der Waals surface area contributed by atoms with Gasteiger partial charge in [-0.05, 0) is 25.5 Å². The van der Waals surface area contributed by atoms with Crippen molar-refractivity contribution < 1.29 is 9.53 Å². The number of hydrogen-bond donors (Lipinski definition) is 1. The molecule has 1 aromatic carbocycles. The molecule has 0 saturated carbocycles. The Balaban J connectivity index is 2.15. The summed E-state index contributed by atoms with van der Waals surface area (Å²) in [5.74, 6) is 0.186. The molecule has 0 aromatic heterocycles. The first-order valence-corrected chi connectivity index (χ1v) is 6.25. The van der Waals surface area contributed by atoms with Crippen LogP contribution in [0.3, 0.4) is 0 Å². The lowest BCUT2D eigenvalue weighted by Crippen LogP contribution is -2.39. The highest BCUT2D eigenvalue weighted by atomic mass is 16.5.